The molecule has 1 rings (SSSR count). The average Bonchev–Trinajstić information content (AvgIpc) is 2.52. The van der Waals surface area contributed by atoms with E-state index in [9.17, 15) is 0 Å². The van der Waals surface area contributed by atoms with Crippen LogP contribution in [0.1, 0.15) is 79.0 Å². The van der Waals surface area contributed by atoms with Gasteiger partial charge < -0.3 is 0 Å². The van der Waals surface area contributed by atoms with Crippen LogP contribution in [0.4, 0.5) is 0 Å². The van der Waals surface area contributed by atoms with Gasteiger partial charge >= 0.3 is 0 Å². The van der Waals surface area contributed by atoms with Gasteiger partial charge in [0.25, 0.3) is 0 Å². The fourth-order valence-corrected chi connectivity index (χ4v) is 9.15. The maximum atomic E-state index is 5.34. The van der Waals surface area contributed by atoms with Crippen molar-refractivity contribution in [1.29, 1.82) is 0 Å². The molecule has 0 atom stereocenters. The van der Waals surface area contributed by atoms with Crippen LogP contribution in [-0.4, -0.2) is 8.07 Å². The first-order valence-corrected chi connectivity index (χ1v) is 11.8. The maximum absolute atomic E-state index is 5.34. The summed E-state index contributed by atoms with van der Waals surface area (Å²) in [7, 11) is -1.78. The lowest BCUT2D eigenvalue weighted by atomic mass is 9.85. The average molecular weight is 363 g/mol. The Morgan fingerprint density at radius 2 is 1.38 bits per heavy atom. The molecule has 0 aliphatic heterocycles. The van der Waals surface area contributed by atoms with E-state index in [0.29, 0.717) is 16.6 Å². The van der Waals surface area contributed by atoms with E-state index in [1.807, 2.05) is 0 Å². The predicted molar refractivity (Wildman–Crippen MR) is 119 cm³/mol. The minimum Gasteiger partial charge on any atom is -0.125 e. The van der Waals surface area contributed by atoms with E-state index < -0.39 is 8.07 Å². The second kappa shape index (κ2) is 8.67. The minimum absolute atomic E-state index is 0.0805. The minimum atomic E-state index is -1.78. The molecule has 0 aliphatic carbocycles. The Hall–Kier alpha value is -1.88. The van der Waals surface area contributed by atoms with E-state index in [-0.39, 0.29) is 5.41 Å². The Balaban J connectivity index is 3.65. The van der Waals surface area contributed by atoms with Gasteiger partial charge in [-0.25, -0.2) is 0 Å². The zero-order valence-corrected chi connectivity index (χ0v) is 19.0. The summed E-state index contributed by atoms with van der Waals surface area (Å²) in [6.07, 6.45) is 5.34. The van der Waals surface area contributed by atoms with Gasteiger partial charge in [0.05, 0.1) is 0 Å². The van der Waals surface area contributed by atoms with Gasteiger partial charge in [-0.3, -0.25) is 0 Å². The number of benzene rings is 1. The molecular formula is C25H34Si. The SMILES string of the molecule is C#CC#Cc1ccc(C(C)(C)C)cc1C#C[Si](C(C)C)(C(C)C)C(C)C. The topological polar surface area (TPSA) is 0 Å². The van der Waals surface area contributed by atoms with E-state index in [0.717, 1.165) is 11.1 Å². The normalized spacial score (nSPS) is 11.7. The summed E-state index contributed by atoms with van der Waals surface area (Å²) in [6, 6.07) is 6.41. The third kappa shape index (κ3) is 4.85. The lowest BCUT2D eigenvalue weighted by Crippen LogP contribution is -2.43. The summed E-state index contributed by atoms with van der Waals surface area (Å²) >= 11 is 0. The Morgan fingerprint density at radius 1 is 0.846 bits per heavy atom. The standard InChI is InChI=1S/C25H34Si/c1-11-12-13-22-14-15-24(25(8,9)10)18-23(22)16-17-26(19(2)3,20(4)5)21(6)7/h1,14-15,18-21H,2-10H3. The van der Waals surface area contributed by atoms with Crippen molar-refractivity contribution in [1.82, 2.24) is 0 Å². The second-order valence-corrected chi connectivity index (χ2v) is 14.6. The molecule has 26 heavy (non-hydrogen) atoms. The lowest BCUT2D eigenvalue weighted by Gasteiger charge is -2.38. The molecule has 0 fully saturated rings. The zero-order chi connectivity index (χ0) is 20.1. The van der Waals surface area contributed by atoms with Gasteiger partial charge in [-0.1, -0.05) is 80.2 Å². The third-order valence-corrected chi connectivity index (χ3v) is 11.7. The first-order chi connectivity index (χ1) is 12.0. The summed E-state index contributed by atoms with van der Waals surface area (Å²) in [5, 5.41) is 0. The van der Waals surface area contributed by atoms with Crippen molar-refractivity contribution in [3.05, 3.63) is 34.9 Å². The highest BCUT2D eigenvalue weighted by molar-refractivity contribution is 6.90. The van der Waals surface area contributed by atoms with Crippen LogP contribution < -0.4 is 0 Å². The molecule has 0 nitrogen and oxygen atoms in total. The molecule has 0 N–H and O–H groups in total. The van der Waals surface area contributed by atoms with Gasteiger partial charge in [-0.15, -0.1) is 12.0 Å². The monoisotopic (exact) mass is 362 g/mol. The van der Waals surface area contributed by atoms with E-state index >= 15 is 0 Å². The molecule has 0 spiro atoms. The fraction of sp³-hybridized carbons (Fsp3) is 0.520. The first kappa shape index (κ1) is 22.2. The molecule has 0 unspecified atom stereocenters. The number of hydrogen-bond acceptors (Lipinski definition) is 0. The van der Waals surface area contributed by atoms with Crippen LogP contribution in [0, 0.1) is 35.6 Å². The molecular weight excluding hydrogens is 328 g/mol. The van der Waals surface area contributed by atoms with Crippen LogP contribution in [0.15, 0.2) is 18.2 Å². The third-order valence-electron chi connectivity index (χ3n) is 5.43. The summed E-state index contributed by atoms with van der Waals surface area (Å²) in [5.74, 6) is 11.8. The molecule has 0 saturated heterocycles. The van der Waals surface area contributed by atoms with Gasteiger partial charge in [0, 0.05) is 11.1 Å². The van der Waals surface area contributed by atoms with Crippen molar-refractivity contribution < 1.29 is 0 Å². The number of terminal acetylenes is 1. The lowest BCUT2D eigenvalue weighted by molar-refractivity contribution is 0.590. The summed E-state index contributed by atoms with van der Waals surface area (Å²) < 4.78 is 0. The van der Waals surface area contributed by atoms with Crippen molar-refractivity contribution in [3.63, 3.8) is 0 Å². The number of rotatable bonds is 3. The van der Waals surface area contributed by atoms with Crippen LogP contribution >= 0.6 is 0 Å². The van der Waals surface area contributed by atoms with Gasteiger partial charge in [-0.2, -0.15) is 0 Å². The van der Waals surface area contributed by atoms with Gasteiger partial charge in [0.1, 0.15) is 8.07 Å². The number of hydrogen-bond donors (Lipinski definition) is 0. The Kier molecular flexibility index (Phi) is 7.39. The van der Waals surface area contributed by atoms with Crippen molar-refractivity contribution >= 4 is 8.07 Å². The summed E-state index contributed by atoms with van der Waals surface area (Å²) in [6.45, 7) is 20.7. The maximum Gasteiger partial charge on any atom is 0.146 e. The van der Waals surface area contributed by atoms with Crippen molar-refractivity contribution in [3.8, 4) is 35.6 Å². The van der Waals surface area contributed by atoms with Gasteiger partial charge in [0.2, 0.25) is 0 Å². The van der Waals surface area contributed by atoms with Gasteiger partial charge in [-0.05, 0) is 51.6 Å². The van der Waals surface area contributed by atoms with Crippen LogP contribution in [-0.2, 0) is 5.41 Å². The summed E-state index contributed by atoms with van der Waals surface area (Å²) in [4.78, 5) is 0. The molecule has 138 valence electrons. The molecule has 0 amide bonds. The molecule has 1 heteroatoms. The molecule has 0 aromatic heterocycles. The second-order valence-electron chi connectivity index (χ2n) is 9.05. The predicted octanol–water partition coefficient (Wildman–Crippen LogP) is 6.54. The molecule has 0 aliphatic rings. The molecule has 0 heterocycles. The van der Waals surface area contributed by atoms with E-state index in [4.69, 9.17) is 6.42 Å². The molecule has 0 saturated carbocycles. The van der Waals surface area contributed by atoms with Crippen LogP contribution in [0.3, 0.4) is 0 Å². The van der Waals surface area contributed by atoms with Crippen LogP contribution in [0.25, 0.3) is 0 Å². The van der Waals surface area contributed by atoms with Crippen molar-refractivity contribution in [2.45, 2.75) is 84.4 Å². The highest BCUT2D eigenvalue weighted by Gasteiger charge is 2.41. The Bertz CT molecular complexity index is 765. The van der Waals surface area contributed by atoms with E-state index in [1.54, 1.807) is 0 Å². The molecule has 1 aromatic carbocycles. The fourth-order valence-electron chi connectivity index (χ4n) is 3.94. The smallest absolute Gasteiger partial charge is 0.125 e. The highest BCUT2D eigenvalue weighted by atomic mass is 28.3. The quantitative estimate of drug-likeness (QED) is 0.423. The van der Waals surface area contributed by atoms with Crippen LogP contribution in [0.5, 0.6) is 0 Å². The molecule has 1 aromatic rings. The Labute approximate surface area is 163 Å². The van der Waals surface area contributed by atoms with E-state index in [1.165, 1.54) is 5.56 Å². The zero-order valence-electron chi connectivity index (χ0n) is 18.0. The largest absolute Gasteiger partial charge is 0.146 e. The van der Waals surface area contributed by atoms with E-state index in [2.05, 4.69) is 110 Å². The molecule has 0 radical (unpaired) electrons. The van der Waals surface area contributed by atoms with Gasteiger partial charge in [0.15, 0.2) is 0 Å². The highest BCUT2D eigenvalue weighted by Crippen LogP contribution is 2.40. The van der Waals surface area contributed by atoms with Crippen LogP contribution in [0.2, 0.25) is 16.6 Å². The summed E-state index contributed by atoms with van der Waals surface area (Å²) in [5.41, 5.74) is 8.95. The van der Waals surface area contributed by atoms with Crippen molar-refractivity contribution in [2.24, 2.45) is 0 Å². The Morgan fingerprint density at radius 3 is 1.81 bits per heavy atom. The first-order valence-electron chi connectivity index (χ1n) is 9.61. The molecule has 0 bridgehead atoms. The van der Waals surface area contributed by atoms with Crippen molar-refractivity contribution in [2.75, 3.05) is 0 Å².